The van der Waals surface area contributed by atoms with Crippen molar-refractivity contribution in [1.29, 1.82) is 5.26 Å². The van der Waals surface area contributed by atoms with Gasteiger partial charge in [-0.15, -0.1) is 5.10 Å². The van der Waals surface area contributed by atoms with Crippen molar-refractivity contribution in [3.05, 3.63) is 17.7 Å². The molecule has 0 aliphatic heterocycles. The molecule has 14 heavy (non-hydrogen) atoms. The van der Waals surface area contributed by atoms with Crippen LogP contribution in [0, 0.1) is 11.3 Å². The molecule has 0 atom stereocenters. The summed E-state index contributed by atoms with van der Waals surface area (Å²) in [4.78, 5) is 14.9. The molecule has 0 saturated heterocycles. The van der Waals surface area contributed by atoms with Gasteiger partial charge in [-0.25, -0.2) is 9.78 Å². The highest BCUT2D eigenvalue weighted by Gasteiger charge is 2.11. The summed E-state index contributed by atoms with van der Waals surface area (Å²) in [5, 5.41) is 14.3. The van der Waals surface area contributed by atoms with Crippen molar-refractivity contribution in [3.8, 4) is 6.07 Å². The normalized spacial score (nSPS) is 10.0. The van der Waals surface area contributed by atoms with E-state index in [0.717, 1.165) is 0 Å². The zero-order valence-corrected chi connectivity index (χ0v) is 7.52. The Bertz CT molecular complexity index is 388. The molecule has 0 unspecified atom stereocenters. The van der Waals surface area contributed by atoms with E-state index in [2.05, 4.69) is 19.9 Å². The standard InChI is InChI=1S/C8H8N4O2/c1-2-14-8(13)7-10-6(11-12-7)4-3-5-9/h3-4H,2H2,1H3,(H,10,11,12)/b4-3+. The van der Waals surface area contributed by atoms with Crippen molar-refractivity contribution in [2.45, 2.75) is 6.92 Å². The molecule has 0 bridgehead atoms. The molecule has 6 nitrogen and oxygen atoms in total. The van der Waals surface area contributed by atoms with Crippen LogP contribution < -0.4 is 0 Å². The lowest BCUT2D eigenvalue weighted by molar-refractivity contribution is 0.0512. The maximum Gasteiger partial charge on any atom is 0.378 e. The second-order valence-corrected chi connectivity index (χ2v) is 2.23. The van der Waals surface area contributed by atoms with Gasteiger partial charge in [0.1, 0.15) is 5.82 Å². The predicted molar refractivity (Wildman–Crippen MR) is 47.0 cm³/mol. The second kappa shape index (κ2) is 4.77. The van der Waals surface area contributed by atoms with E-state index in [-0.39, 0.29) is 12.4 Å². The van der Waals surface area contributed by atoms with Crippen molar-refractivity contribution >= 4 is 12.0 Å². The van der Waals surface area contributed by atoms with Crippen molar-refractivity contribution in [3.63, 3.8) is 0 Å². The molecule has 1 N–H and O–H groups in total. The number of nitrogens with zero attached hydrogens (tertiary/aromatic N) is 3. The first-order valence-electron chi connectivity index (χ1n) is 3.93. The van der Waals surface area contributed by atoms with E-state index in [1.54, 1.807) is 13.0 Å². The summed E-state index contributed by atoms with van der Waals surface area (Å²) in [6.45, 7) is 1.97. The number of carbonyl (C=O) groups excluding carboxylic acids is 1. The number of rotatable bonds is 3. The number of aromatic amines is 1. The maximum absolute atomic E-state index is 11.1. The van der Waals surface area contributed by atoms with Gasteiger partial charge >= 0.3 is 5.97 Å². The molecule has 0 aromatic carbocycles. The molecule has 0 radical (unpaired) electrons. The molecular formula is C8H8N4O2. The molecule has 0 spiro atoms. The third kappa shape index (κ3) is 2.42. The maximum atomic E-state index is 11.1. The zero-order valence-electron chi connectivity index (χ0n) is 7.52. The average Bonchev–Trinajstić information content (AvgIpc) is 2.63. The smallest absolute Gasteiger partial charge is 0.378 e. The number of esters is 1. The highest BCUT2D eigenvalue weighted by molar-refractivity contribution is 5.85. The summed E-state index contributed by atoms with van der Waals surface area (Å²) in [6, 6.07) is 1.80. The number of nitrogens with one attached hydrogen (secondary N) is 1. The number of ether oxygens (including phenoxy) is 1. The highest BCUT2D eigenvalue weighted by Crippen LogP contribution is 1.97. The van der Waals surface area contributed by atoms with Gasteiger partial charge in [-0.3, -0.25) is 5.10 Å². The molecular weight excluding hydrogens is 184 g/mol. The molecule has 1 aromatic rings. The third-order valence-corrected chi connectivity index (χ3v) is 1.28. The molecule has 1 aromatic heterocycles. The minimum atomic E-state index is -0.583. The van der Waals surface area contributed by atoms with E-state index < -0.39 is 5.97 Å². The van der Waals surface area contributed by atoms with Crippen LogP contribution in [-0.2, 0) is 4.74 Å². The van der Waals surface area contributed by atoms with Gasteiger partial charge in [0.2, 0.25) is 0 Å². The predicted octanol–water partition coefficient (Wildman–Crippen LogP) is 0.518. The van der Waals surface area contributed by atoms with Crippen molar-refractivity contribution in [2.75, 3.05) is 6.61 Å². The number of H-pyrrole nitrogens is 1. The number of hydrogen-bond donors (Lipinski definition) is 1. The van der Waals surface area contributed by atoms with Crippen LogP contribution in [0.25, 0.3) is 6.08 Å². The zero-order chi connectivity index (χ0) is 10.4. The Labute approximate surface area is 80.2 Å². The topological polar surface area (TPSA) is 91.7 Å². The molecule has 0 aliphatic rings. The minimum absolute atomic E-state index is 0.0376. The van der Waals surface area contributed by atoms with Gasteiger partial charge in [-0.2, -0.15) is 5.26 Å². The molecule has 0 amide bonds. The summed E-state index contributed by atoms with van der Waals surface area (Å²) in [5.74, 6) is -0.278. The van der Waals surface area contributed by atoms with Gasteiger partial charge < -0.3 is 4.74 Å². The molecule has 1 heterocycles. The lowest BCUT2D eigenvalue weighted by Gasteiger charge is -1.93. The van der Waals surface area contributed by atoms with Crippen molar-refractivity contribution in [2.24, 2.45) is 0 Å². The van der Waals surface area contributed by atoms with E-state index in [1.807, 2.05) is 0 Å². The fraction of sp³-hybridized carbons (Fsp3) is 0.250. The number of hydrogen-bond acceptors (Lipinski definition) is 5. The summed E-state index contributed by atoms with van der Waals surface area (Å²) < 4.78 is 4.67. The minimum Gasteiger partial charge on any atom is -0.460 e. The lowest BCUT2D eigenvalue weighted by atomic mass is 10.5. The van der Waals surface area contributed by atoms with E-state index in [1.165, 1.54) is 12.2 Å². The number of nitriles is 1. The Morgan fingerprint density at radius 1 is 1.79 bits per heavy atom. The summed E-state index contributed by atoms with van der Waals surface area (Å²) in [6.07, 6.45) is 2.64. The molecule has 1 rings (SSSR count). The van der Waals surface area contributed by atoms with Crippen LogP contribution in [0.5, 0.6) is 0 Å². The van der Waals surface area contributed by atoms with Gasteiger partial charge in [0.05, 0.1) is 12.7 Å². The van der Waals surface area contributed by atoms with Gasteiger partial charge in [-0.1, -0.05) is 0 Å². The van der Waals surface area contributed by atoms with Crippen LogP contribution >= 0.6 is 0 Å². The van der Waals surface area contributed by atoms with Crippen LogP contribution in [0.1, 0.15) is 23.4 Å². The van der Waals surface area contributed by atoms with E-state index in [0.29, 0.717) is 5.82 Å². The fourth-order valence-corrected chi connectivity index (χ4v) is 0.752. The van der Waals surface area contributed by atoms with Crippen LogP contribution in [0.3, 0.4) is 0 Å². The Balaban J connectivity index is 2.73. The molecule has 0 fully saturated rings. The fourth-order valence-electron chi connectivity index (χ4n) is 0.752. The molecule has 72 valence electrons. The summed E-state index contributed by atoms with van der Waals surface area (Å²) >= 11 is 0. The Morgan fingerprint density at radius 3 is 3.21 bits per heavy atom. The van der Waals surface area contributed by atoms with Gasteiger partial charge in [0.15, 0.2) is 0 Å². The monoisotopic (exact) mass is 192 g/mol. The van der Waals surface area contributed by atoms with Crippen LogP contribution in [-0.4, -0.2) is 27.8 Å². The third-order valence-electron chi connectivity index (χ3n) is 1.28. The average molecular weight is 192 g/mol. The Hall–Kier alpha value is -2.16. The van der Waals surface area contributed by atoms with E-state index in [4.69, 9.17) is 5.26 Å². The van der Waals surface area contributed by atoms with Gasteiger partial charge in [0.25, 0.3) is 5.82 Å². The SMILES string of the molecule is CCOC(=O)c1n[nH]c(/C=C/C#N)n1. The van der Waals surface area contributed by atoms with E-state index in [9.17, 15) is 4.79 Å². The Kier molecular flexibility index (Phi) is 3.38. The highest BCUT2D eigenvalue weighted by atomic mass is 16.5. The van der Waals surface area contributed by atoms with Crippen LogP contribution in [0.2, 0.25) is 0 Å². The molecule has 0 saturated carbocycles. The van der Waals surface area contributed by atoms with E-state index >= 15 is 0 Å². The number of carbonyl (C=O) groups is 1. The largest absolute Gasteiger partial charge is 0.460 e. The quantitative estimate of drug-likeness (QED) is 0.556. The first-order chi connectivity index (χ1) is 6.77. The second-order valence-electron chi connectivity index (χ2n) is 2.23. The first kappa shape index (κ1) is 9.92. The number of aromatic nitrogens is 3. The molecule has 0 aliphatic carbocycles. The molecule has 6 heteroatoms. The Morgan fingerprint density at radius 2 is 2.57 bits per heavy atom. The first-order valence-corrected chi connectivity index (χ1v) is 3.93. The lowest BCUT2D eigenvalue weighted by Crippen LogP contribution is -2.06. The summed E-state index contributed by atoms with van der Waals surface area (Å²) in [5.41, 5.74) is 0. The van der Waals surface area contributed by atoms with Crippen molar-refractivity contribution < 1.29 is 9.53 Å². The summed E-state index contributed by atoms with van der Waals surface area (Å²) in [7, 11) is 0. The number of allylic oxidation sites excluding steroid dienone is 1. The van der Waals surface area contributed by atoms with Crippen LogP contribution in [0.15, 0.2) is 6.08 Å². The van der Waals surface area contributed by atoms with Gasteiger partial charge in [-0.05, 0) is 13.0 Å². The van der Waals surface area contributed by atoms with Crippen molar-refractivity contribution in [1.82, 2.24) is 15.2 Å². The van der Waals surface area contributed by atoms with Gasteiger partial charge in [0, 0.05) is 6.08 Å². The van der Waals surface area contributed by atoms with Crippen LogP contribution in [0.4, 0.5) is 0 Å².